The minimum atomic E-state index is -2.49. The summed E-state index contributed by atoms with van der Waals surface area (Å²) in [5.41, 5.74) is -3.58. The molecule has 196 valence electrons. The van der Waals surface area contributed by atoms with Gasteiger partial charge in [-0.15, -0.1) is 0 Å². The van der Waals surface area contributed by atoms with Crippen LogP contribution in [0.15, 0.2) is 48.7 Å². The van der Waals surface area contributed by atoms with Crippen LogP contribution in [0.5, 0.6) is 11.5 Å². The molecule has 3 aromatic rings. The second-order valence-corrected chi connectivity index (χ2v) is 9.21. The Kier molecular flexibility index (Phi) is 8.73. The lowest BCUT2D eigenvalue weighted by atomic mass is 9.81. The van der Waals surface area contributed by atoms with Gasteiger partial charge in [0.15, 0.2) is 28.6 Å². The molecule has 0 saturated carbocycles. The molecule has 2 aromatic carbocycles. The summed E-state index contributed by atoms with van der Waals surface area (Å²) in [6.45, 7) is 2.64. The van der Waals surface area contributed by atoms with Crippen molar-refractivity contribution in [2.24, 2.45) is 5.92 Å². The number of ether oxygens (including phenoxy) is 2. The van der Waals surface area contributed by atoms with Gasteiger partial charge in [-0.25, -0.2) is 13.8 Å². The number of halogens is 4. The number of carbonyl (C=O) groups is 2. The fourth-order valence-electron chi connectivity index (χ4n) is 3.82. The number of esters is 1. The van der Waals surface area contributed by atoms with Crippen LogP contribution in [0, 0.1) is 17.6 Å². The summed E-state index contributed by atoms with van der Waals surface area (Å²) >= 11 is 11.7. The number of aromatic nitrogens is 1. The highest BCUT2D eigenvalue weighted by molar-refractivity contribution is 6.30. The maximum Gasteiger partial charge on any atom is 0.309 e. The molecule has 1 heterocycles. The van der Waals surface area contributed by atoms with E-state index in [1.165, 1.54) is 45.4 Å². The summed E-state index contributed by atoms with van der Waals surface area (Å²) in [6, 6.07) is 8.11. The van der Waals surface area contributed by atoms with Gasteiger partial charge in [0.05, 0.1) is 13.0 Å². The number of hydrogen-bond donors (Lipinski definition) is 2. The van der Waals surface area contributed by atoms with E-state index in [9.17, 15) is 28.6 Å². The molecule has 11 heteroatoms. The summed E-state index contributed by atoms with van der Waals surface area (Å²) < 4.78 is 40.3. The quantitative estimate of drug-likeness (QED) is 0.268. The normalized spacial score (nSPS) is 13.1. The monoisotopic (exact) mass is 553 g/mol. The maximum atomic E-state index is 14.9. The largest absolute Gasteiger partial charge is 0.503 e. The van der Waals surface area contributed by atoms with Crippen molar-refractivity contribution < 1.29 is 38.1 Å². The van der Waals surface area contributed by atoms with Crippen LogP contribution in [-0.4, -0.2) is 40.2 Å². The third-order valence-corrected chi connectivity index (χ3v) is 6.30. The van der Waals surface area contributed by atoms with Crippen LogP contribution in [-0.2, 0) is 15.1 Å². The Morgan fingerprint density at radius 2 is 1.57 bits per heavy atom. The lowest BCUT2D eigenvalue weighted by Gasteiger charge is -2.35. The van der Waals surface area contributed by atoms with Gasteiger partial charge in [-0.3, -0.25) is 9.59 Å². The zero-order valence-corrected chi connectivity index (χ0v) is 21.5. The van der Waals surface area contributed by atoms with E-state index in [2.05, 4.69) is 4.98 Å². The molecule has 3 rings (SSSR count). The summed E-state index contributed by atoms with van der Waals surface area (Å²) in [5, 5.41) is 21.9. The predicted octanol–water partition coefficient (Wildman–Crippen LogP) is 5.46. The number of nitrogens with zero attached hydrogens (tertiary/aromatic N) is 1. The van der Waals surface area contributed by atoms with Gasteiger partial charge in [-0.2, -0.15) is 0 Å². The molecule has 0 aliphatic rings. The molecule has 2 atom stereocenters. The number of hydrogen-bond acceptors (Lipinski definition) is 7. The van der Waals surface area contributed by atoms with Crippen molar-refractivity contribution >= 4 is 35.0 Å². The highest BCUT2D eigenvalue weighted by Crippen LogP contribution is 2.39. The maximum absolute atomic E-state index is 14.9. The zero-order valence-electron chi connectivity index (χ0n) is 20.0. The van der Waals surface area contributed by atoms with Crippen LogP contribution >= 0.6 is 23.2 Å². The van der Waals surface area contributed by atoms with Crippen LogP contribution < -0.4 is 4.74 Å². The standard InChI is InChI=1S/C26H23Cl2F2NO6/c1-13(10-21(32)23-24(33)22(36-3)8-9-31-23)25(34)37-14(2)26(35,17-6-4-15(27)11-19(17)29)18-7-5-16(28)12-20(18)30/h4-9,11-14,33,35H,10H2,1-3H3/t13-,14+/m1/s1. The molecular formula is C26H23Cl2F2NO6. The first-order chi connectivity index (χ1) is 17.4. The van der Waals surface area contributed by atoms with Crippen molar-refractivity contribution in [2.75, 3.05) is 7.11 Å². The van der Waals surface area contributed by atoms with Crippen LogP contribution in [0.1, 0.15) is 41.9 Å². The smallest absolute Gasteiger partial charge is 0.309 e. The molecule has 0 fully saturated rings. The van der Waals surface area contributed by atoms with Gasteiger partial charge in [0.1, 0.15) is 17.7 Å². The number of aliphatic hydroxyl groups is 1. The number of methoxy groups -OCH3 is 1. The first-order valence-corrected chi connectivity index (χ1v) is 11.7. The summed E-state index contributed by atoms with van der Waals surface area (Å²) in [7, 11) is 1.30. The molecule has 0 bridgehead atoms. The Balaban J connectivity index is 1.90. The number of rotatable bonds is 9. The van der Waals surface area contributed by atoms with Crippen LogP contribution in [0.25, 0.3) is 0 Å². The molecule has 0 amide bonds. The summed E-state index contributed by atoms with van der Waals surface area (Å²) in [6.07, 6.45) is -0.687. The highest BCUT2D eigenvalue weighted by Gasteiger charge is 2.44. The van der Waals surface area contributed by atoms with E-state index in [0.717, 1.165) is 24.3 Å². The Morgan fingerprint density at radius 1 is 1.03 bits per heavy atom. The van der Waals surface area contributed by atoms with Gasteiger partial charge < -0.3 is 19.7 Å². The van der Waals surface area contributed by atoms with E-state index in [4.69, 9.17) is 32.7 Å². The lowest BCUT2D eigenvalue weighted by molar-refractivity contribution is -0.164. The highest BCUT2D eigenvalue weighted by atomic mass is 35.5. The van der Waals surface area contributed by atoms with Gasteiger partial charge in [-0.05, 0) is 31.2 Å². The second kappa shape index (κ2) is 11.4. The number of pyridine rings is 1. The molecular weight excluding hydrogens is 531 g/mol. The molecule has 37 heavy (non-hydrogen) atoms. The van der Waals surface area contributed by atoms with E-state index < -0.39 is 64.3 Å². The Morgan fingerprint density at radius 3 is 2.05 bits per heavy atom. The minimum absolute atomic E-state index is 0.0299. The summed E-state index contributed by atoms with van der Waals surface area (Å²) in [4.78, 5) is 29.4. The molecule has 0 radical (unpaired) electrons. The predicted molar refractivity (Wildman–Crippen MR) is 132 cm³/mol. The average molecular weight is 554 g/mol. The zero-order chi connectivity index (χ0) is 27.5. The van der Waals surface area contributed by atoms with Crippen molar-refractivity contribution in [3.63, 3.8) is 0 Å². The van der Waals surface area contributed by atoms with Crippen molar-refractivity contribution in [3.05, 3.63) is 87.2 Å². The second-order valence-electron chi connectivity index (χ2n) is 8.33. The van der Waals surface area contributed by atoms with Gasteiger partial charge >= 0.3 is 5.97 Å². The van der Waals surface area contributed by atoms with Crippen LogP contribution in [0.4, 0.5) is 8.78 Å². The third kappa shape index (κ3) is 5.84. The van der Waals surface area contributed by atoms with E-state index in [-0.39, 0.29) is 21.5 Å². The van der Waals surface area contributed by atoms with Crippen molar-refractivity contribution in [1.29, 1.82) is 0 Å². The van der Waals surface area contributed by atoms with Gasteiger partial charge in [0, 0.05) is 39.9 Å². The molecule has 0 spiro atoms. The minimum Gasteiger partial charge on any atom is -0.503 e. The summed E-state index contributed by atoms with van der Waals surface area (Å²) in [5.74, 6) is -5.06. The van der Waals surface area contributed by atoms with E-state index >= 15 is 0 Å². The van der Waals surface area contributed by atoms with Crippen molar-refractivity contribution in [1.82, 2.24) is 4.98 Å². The molecule has 0 aliphatic heterocycles. The first-order valence-electron chi connectivity index (χ1n) is 11.0. The first kappa shape index (κ1) is 28.3. The molecule has 0 saturated heterocycles. The fourth-order valence-corrected chi connectivity index (χ4v) is 4.14. The molecule has 0 unspecified atom stereocenters. The Bertz CT molecular complexity index is 1280. The fraction of sp³-hybridized carbons (Fsp3) is 0.269. The van der Waals surface area contributed by atoms with Crippen LogP contribution in [0.3, 0.4) is 0 Å². The van der Waals surface area contributed by atoms with E-state index in [0.29, 0.717) is 0 Å². The van der Waals surface area contributed by atoms with Gasteiger partial charge in [-0.1, -0.05) is 42.3 Å². The molecule has 1 aromatic heterocycles. The number of benzene rings is 2. The SMILES string of the molecule is COc1ccnc(C(=O)C[C@@H](C)C(=O)O[C@@H](C)C(O)(c2ccc(Cl)cc2F)c2ccc(Cl)cc2F)c1O. The number of ketones is 1. The topological polar surface area (TPSA) is 106 Å². The van der Waals surface area contributed by atoms with E-state index in [1.54, 1.807) is 0 Å². The van der Waals surface area contributed by atoms with E-state index in [1.807, 2.05) is 0 Å². The van der Waals surface area contributed by atoms with Crippen molar-refractivity contribution in [3.8, 4) is 11.5 Å². The number of carbonyl (C=O) groups excluding carboxylic acids is 2. The van der Waals surface area contributed by atoms with Crippen LogP contribution in [0.2, 0.25) is 10.0 Å². The lowest BCUT2D eigenvalue weighted by Crippen LogP contribution is -2.44. The third-order valence-electron chi connectivity index (χ3n) is 5.83. The van der Waals surface area contributed by atoms with Crippen molar-refractivity contribution in [2.45, 2.75) is 32.0 Å². The molecule has 2 N–H and O–H groups in total. The average Bonchev–Trinajstić information content (AvgIpc) is 2.83. The molecule has 7 nitrogen and oxygen atoms in total. The Labute approximate surface area is 221 Å². The Hall–Kier alpha value is -3.27. The number of aromatic hydroxyl groups is 1. The van der Waals surface area contributed by atoms with Gasteiger partial charge in [0.2, 0.25) is 0 Å². The molecule has 0 aliphatic carbocycles. The number of Topliss-reactive ketones (excluding diaryl/α,β-unsaturated/α-hetero) is 1. The van der Waals surface area contributed by atoms with Gasteiger partial charge in [0.25, 0.3) is 0 Å².